The number of rotatable bonds is 10. The number of urea groups is 1. The molecule has 0 atom stereocenters. The number of ether oxygens (including phenoxy) is 1. The molecule has 0 unspecified atom stereocenters. The average molecular weight is 260 g/mol. The van der Waals surface area contributed by atoms with Gasteiger partial charge in [-0.05, 0) is 26.7 Å². The minimum Gasteiger partial charge on any atom is -0.481 e. The van der Waals surface area contributed by atoms with Crippen molar-refractivity contribution < 1.29 is 19.4 Å². The number of hydrogen-bond donors (Lipinski definition) is 3. The molecular formula is C12H24N2O4. The Bertz CT molecular complexity index is 244. The lowest BCUT2D eigenvalue weighted by atomic mass is 10.2. The number of unbranched alkanes of at least 4 members (excludes halogenated alkanes) is 2. The van der Waals surface area contributed by atoms with Crippen LogP contribution in [-0.2, 0) is 9.53 Å². The summed E-state index contributed by atoms with van der Waals surface area (Å²) in [6.45, 7) is 5.44. The molecule has 0 aliphatic rings. The van der Waals surface area contributed by atoms with Gasteiger partial charge in [-0.3, -0.25) is 4.79 Å². The van der Waals surface area contributed by atoms with Crippen molar-refractivity contribution in [2.24, 2.45) is 0 Å². The van der Waals surface area contributed by atoms with Crippen LogP contribution in [0.1, 0.15) is 39.5 Å². The molecule has 0 spiro atoms. The molecule has 0 aliphatic carbocycles. The van der Waals surface area contributed by atoms with Crippen LogP contribution in [0.4, 0.5) is 4.79 Å². The molecule has 2 amide bonds. The molecule has 0 radical (unpaired) electrons. The molecule has 0 bridgehead atoms. The van der Waals surface area contributed by atoms with Crippen LogP contribution in [0.25, 0.3) is 0 Å². The first kappa shape index (κ1) is 16.7. The van der Waals surface area contributed by atoms with Gasteiger partial charge in [0.25, 0.3) is 0 Å². The van der Waals surface area contributed by atoms with Crippen LogP contribution in [0.5, 0.6) is 0 Å². The highest BCUT2D eigenvalue weighted by Crippen LogP contribution is 1.98. The number of aliphatic carboxylic acids is 1. The molecule has 3 N–H and O–H groups in total. The van der Waals surface area contributed by atoms with Crippen molar-refractivity contribution >= 4 is 12.0 Å². The summed E-state index contributed by atoms with van der Waals surface area (Å²) in [6.07, 6.45) is 2.62. The summed E-state index contributed by atoms with van der Waals surface area (Å²) in [5.74, 6) is -0.772. The quantitative estimate of drug-likeness (QED) is 0.517. The standard InChI is InChI=1S/C12H24N2O4/c1-10(2)18-9-8-14-12(17)13-7-5-3-4-6-11(15)16/h10H,3-9H2,1-2H3,(H,15,16)(H2,13,14,17). The highest BCUT2D eigenvalue weighted by atomic mass is 16.5. The molecule has 18 heavy (non-hydrogen) atoms. The summed E-state index contributed by atoms with van der Waals surface area (Å²) < 4.78 is 5.27. The van der Waals surface area contributed by atoms with Gasteiger partial charge in [-0.15, -0.1) is 0 Å². The lowest BCUT2D eigenvalue weighted by Gasteiger charge is -2.09. The van der Waals surface area contributed by atoms with E-state index in [4.69, 9.17) is 9.84 Å². The third-order valence-electron chi connectivity index (χ3n) is 2.19. The van der Waals surface area contributed by atoms with E-state index in [1.54, 1.807) is 0 Å². The minimum atomic E-state index is -0.772. The number of carbonyl (C=O) groups excluding carboxylic acids is 1. The van der Waals surface area contributed by atoms with Crippen molar-refractivity contribution in [2.45, 2.75) is 45.6 Å². The molecule has 106 valence electrons. The van der Waals surface area contributed by atoms with Gasteiger partial charge < -0.3 is 20.5 Å². The summed E-state index contributed by atoms with van der Waals surface area (Å²) in [5.41, 5.74) is 0. The number of amides is 2. The van der Waals surface area contributed by atoms with Crippen molar-refractivity contribution in [3.8, 4) is 0 Å². The number of carboxylic acid groups (broad SMARTS) is 1. The van der Waals surface area contributed by atoms with Crippen molar-refractivity contribution in [3.05, 3.63) is 0 Å². The van der Waals surface area contributed by atoms with E-state index in [2.05, 4.69) is 10.6 Å². The van der Waals surface area contributed by atoms with Crippen molar-refractivity contribution in [1.82, 2.24) is 10.6 Å². The predicted molar refractivity (Wildman–Crippen MR) is 68.6 cm³/mol. The van der Waals surface area contributed by atoms with Crippen LogP contribution >= 0.6 is 0 Å². The highest BCUT2D eigenvalue weighted by Gasteiger charge is 2.00. The Balaban J connectivity index is 3.24. The van der Waals surface area contributed by atoms with Gasteiger partial charge in [0.05, 0.1) is 12.7 Å². The second-order valence-electron chi connectivity index (χ2n) is 4.31. The number of hydrogen-bond acceptors (Lipinski definition) is 3. The Hall–Kier alpha value is -1.30. The first-order valence-corrected chi connectivity index (χ1v) is 6.37. The van der Waals surface area contributed by atoms with E-state index in [9.17, 15) is 9.59 Å². The van der Waals surface area contributed by atoms with Gasteiger partial charge in [-0.1, -0.05) is 6.42 Å². The predicted octanol–water partition coefficient (Wildman–Crippen LogP) is 1.36. The molecule has 0 heterocycles. The zero-order valence-electron chi connectivity index (χ0n) is 11.2. The fraction of sp³-hybridized carbons (Fsp3) is 0.833. The molecule has 0 aromatic heterocycles. The molecule has 0 aromatic rings. The van der Waals surface area contributed by atoms with Crippen LogP contribution in [0.15, 0.2) is 0 Å². The SMILES string of the molecule is CC(C)OCCNC(=O)NCCCCCC(=O)O. The van der Waals surface area contributed by atoms with E-state index in [1.807, 2.05) is 13.8 Å². The Kier molecular flexibility index (Phi) is 10.0. The maximum atomic E-state index is 11.3. The largest absolute Gasteiger partial charge is 0.481 e. The van der Waals surface area contributed by atoms with Gasteiger partial charge in [-0.2, -0.15) is 0 Å². The van der Waals surface area contributed by atoms with Crippen molar-refractivity contribution in [2.75, 3.05) is 19.7 Å². The lowest BCUT2D eigenvalue weighted by molar-refractivity contribution is -0.137. The van der Waals surface area contributed by atoms with E-state index in [1.165, 1.54) is 0 Å². The average Bonchev–Trinajstić information content (AvgIpc) is 2.28. The summed E-state index contributed by atoms with van der Waals surface area (Å²) in [6, 6.07) is -0.208. The number of carbonyl (C=O) groups is 2. The van der Waals surface area contributed by atoms with E-state index in [0.29, 0.717) is 26.1 Å². The first-order chi connectivity index (χ1) is 8.52. The van der Waals surface area contributed by atoms with E-state index >= 15 is 0 Å². The van der Waals surface area contributed by atoms with Crippen LogP contribution in [0.2, 0.25) is 0 Å². The minimum absolute atomic E-state index is 0.170. The molecule has 0 aliphatic heterocycles. The topological polar surface area (TPSA) is 87.7 Å². The fourth-order valence-electron chi connectivity index (χ4n) is 1.30. The van der Waals surface area contributed by atoms with Crippen LogP contribution in [0.3, 0.4) is 0 Å². The summed E-state index contributed by atoms with van der Waals surface area (Å²) in [4.78, 5) is 21.5. The Labute approximate surface area is 108 Å². The fourth-order valence-corrected chi connectivity index (χ4v) is 1.30. The molecule has 0 aromatic carbocycles. The van der Waals surface area contributed by atoms with E-state index in [-0.39, 0.29) is 18.6 Å². The van der Waals surface area contributed by atoms with E-state index in [0.717, 1.165) is 12.8 Å². The summed E-state index contributed by atoms with van der Waals surface area (Å²) in [7, 11) is 0. The maximum absolute atomic E-state index is 11.3. The zero-order valence-corrected chi connectivity index (χ0v) is 11.2. The van der Waals surface area contributed by atoms with Crippen LogP contribution in [-0.4, -0.2) is 42.9 Å². The number of carboxylic acids is 1. The summed E-state index contributed by atoms with van der Waals surface area (Å²) >= 11 is 0. The second kappa shape index (κ2) is 10.8. The smallest absolute Gasteiger partial charge is 0.314 e. The maximum Gasteiger partial charge on any atom is 0.314 e. The van der Waals surface area contributed by atoms with Gasteiger partial charge in [0.2, 0.25) is 0 Å². The van der Waals surface area contributed by atoms with Gasteiger partial charge >= 0.3 is 12.0 Å². The Morgan fingerprint density at radius 3 is 2.39 bits per heavy atom. The van der Waals surface area contributed by atoms with Gasteiger partial charge in [-0.25, -0.2) is 4.79 Å². The van der Waals surface area contributed by atoms with Crippen LogP contribution in [0, 0.1) is 0 Å². The molecule has 0 fully saturated rings. The van der Waals surface area contributed by atoms with Crippen LogP contribution < -0.4 is 10.6 Å². The van der Waals surface area contributed by atoms with Gasteiger partial charge in [0.15, 0.2) is 0 Å². The van der Waals surface area contributed by atoms with Gasteiger partial charge in [0, 0.05) is 19.5 Å². The molecule has 0 rings (SSSR count). The number of nitrogens with one attached hydrogen (secondary N) is 2. The first-order valence-electron chi connectivity index (χ1n) is 6.37. The molecule has 0 saturated heterocycles. The third-order valence-corrected chi connectivity index (χ3v) is 2.19. The zero-order chi connectivity index (χ0) is 13.8. The third kappa shape index (κ3) is 12.8. The molecule has 6 nitrogen and oxygen atoms in total. The second-order valence-corrected chi connectivity index (χ2v) is 4.31. The molecule has 6 heteroatoms. The highest BCUT2D eigenvalue weighted by molar-refractivity contribution is 5.73. The van der Waals surface area contributed by atoms with E-state index < -0.39 is 5.97 Å². The Morgan fingerprint density at radius 1 is 1.11 bits per heavy atom. The lowest BCUT2D eigenvalue weighted by Crippen LogP contribution is -2.38. The Morgan fingerprint density at radius 2 is 1.78 bits per heavy atom. The van der Waals surface area contributed by atoms with Gasteiger partial charge in [0.1, 0.15) is 0 Å². The molecule has 0 saturated carbocycles. The normalized spacial score (nSPS) is 10.4. The monoisotopic (exact) mass is 260 g/mol. The molecular weight excluding hydrogens is 236 g/mol. The van der Waals surface area contributed by atoms with Crippen molar-refractivity contribution in [3.63, 3.8) is 0 Å². The van der Waals surface area contributed by atoms with Crippen molar-refractivity contribution in [1.29, 1.82) is 0 Å². The summed E-state index contributed by atoms with van der Waals surface area (Å²) in [5, 5.41) is 13.8.